The van der Waals surface area contributed by atoms with Gasteiger partial charge in [-0.15, -0.1) is 11.3 Å². The number of aryl methyl sites for hydroxylation is 3. The number of aliphatic hydroxyl groups excluding tert-OH is 1. The van der Waals surface area contributed by atoms with Crippen molar-refractivity contribution in [2.24, 2.45) is 5.14 Å². The van der Waals surface area contributed by atoms with Crippen molar-refractivity contribution in [3.05, 3.63) is 74.8 Å². The summed E-state index contributed by atoms with van der Waals surface area (Å²) in [5.74, 6) is -1.20. The zero-order valence-electron chi connectivity index (χ0n) is 17.3. The summed E-state index contributed by atoms with van der Waals surface area (Å²) in [6.07, 6.45) is 0. The van der Waals surface area contributed by atoms with Crippen molar-refractivity contribution in [2.75, 3.05) is 4.90 Å². The highest BCUT2D eigenvalue weighted by molar-refractivity contribution is 7.89. The number of benzene rings is 1. The molecule has 0 aliphatic carbocycles. The van der Waals surface area contributed by atoms with Crippen molar-refractivity contribution in [1.29, 1.82) is 0 Å². The van der Waals surface area contributed by atoms with Gasteiger partial charge < -0.3 is 9.52 Å². The van der Waals surface area contributed by atoms with Gasteiger partial charge in [0.05, 0.1) is 26.0 Å². The van der Waals surface area contributed by atoms with Crippen molar-refractivity contribution in [2.45, 2.75) is 31.7 Å². The number of aliphatic hydroxyl groups is 1. The van der Waals surface area contributed by atoms with E-state index in [4.69, 9.17) is 9.56 Å². The molecule has 1 amide bonds. The van der Waals surface area contributed by atoms with Crippen LogP contribution in [0.3, 0.4) is 0 Å². The monoisotopic (exact) mass is 473 g/mol. The second-order valence-corrected chi connectivity index (χ2v) is 10.1. The van der Waals surface area contributed by atoms with Gasteiger partial charge in [0.25, 0.3) is 5.91 Å². The third-order valence-electron chi connectivity index (χ3n) is 5.04. The van der Waals surface area contributed by atoms with Crippen LogP contribution in [0.1, 0.15) is 37.9 Å². The number of aromatic nitrogens is 1. The molecule has 0 bridgehead atoms. The number of primary sulfonamides is 1. The number of sulfonamides is 1. The van der Waals surface area contributed by atoms with Crippen LogP contribution in [-0.4, -0.2) is 30.2 Å². The van der Waals surface area contributed by atoms with Crippen LogP contribution >= 0.6 is 11.3 Å². The molecule has 0 radical (unpaired) electrons. The standard InChI is InChI=1S/C21H19N3O6S2/c1-10-4-9-15(30-10)17-16(18(25)20-11(2)23-12(3)31-20)19(26)21(27)24(17)13-5-7-14(8-6-13)32(22,28)29/h4-9,17,26H,1-3H3,(H2,22,28,29). The lowest BCUT2D eigenvalue weighted by molar-refractivity contribution is -0.117. The maximum atomic E-state index is 13.4. The minimum absolute atomic E-state index is 0.133. The van der Waals surface area contributed by atoms with Gasteiger partial charge in [-0.3, -0.25) is 14.5 Å². The first-order valence-corrected chi connectivity index (χ1v) is 11.8. The molecule has 0 saturated carbocycles. The summed E-state index contributed by atoms with van der Waals surface area (Å²) in [6.45, 7) is 5.16. The van der Waals surface area contributed by atoms with E-state index in [0.29, 0.717) is 21.3 Å². The van der Waals surface area contributed by atoms with Crippen LogP contribution < -0.4 is 10.0 Å². The Morgan fingerprint density at radius 2 is 1.81 bits per heavy atom. The molecule has 0 saturated heterocycles. The van der Waals surface area contributed by atoms with Crippen molar-refractivity contribution in [1.82, 2.24) is 4.98 Å². The highest BCUT2D eigenvalue weighted by Crippen LogP contribution is 2.43. The van der Waals surface area contributed by atoms with Crippen molar-refractivity contribution in [3.63, 3.8) is 0 Å². The van der Waals surface area contributed by atoms with E-state index >= 15 is 0 Å². The number of carbonyl (C=O) groups is 2. The molecule has 0 spiro atoms. The predicted octanol–water partition coefficient (Wildman–Crippen LogP) is 3.09. The molecule has 3 aromatic rings. The maximum Gasteiger partial charge on any atom is 0.294 e. The topological polar surface area (TPSA) is 144 Å². The van der Waals surface area contributed by atoms with E-state index in [1.165, 1.54) is 40.5 Å². The van der Waals surface area contributed by atoms with E-state index in [2.05, 4.69) is 4.98 Å². The molecule has 11 heteroatoms. The Bertz CT molecular complexity index is 1380. The van der Waals surface area contributed by atoms with Gasteiger partial charge in [-0.05, 0) is 57.2 Å². The van der Waals surface area contributed by atoms with E-state index in [9.17, 15) is 23.1 Å². The number of hydrogen-bond donors (Lipinski definition) is 2. The van der Waals surface area contributed by atoms with Crippen LogP contribution in [0, 0.1) is 20.8 Å². The van der Waals surface area contributed by atoms with Gasteiger partial charge in [0.2, 0.25) is 15.8 Å². The van der Waals surface area contributed by atoms with Gasteiger partial charge in [-0.2, -0.15) is 0 Å². The van der Waals surface area contributed by atoms with Gasteiger partial charge in [0, 0.05) is 5.69 Å². The molecular weight excluding hydrogens is 454 g/mol. The number of ketones is 1. The average Bonchev–Trinajstić information content (AvgIpc) is 3.37. The predicted molar refractivity (Wildman–Crippen MR) is 117 cm³/mol. The lowest BCUT2D eigenvalue weighted by Gasteiger charge is -2.25. The summed E-state index contributed by atoms with van der Waals surface area (Å²) in [4.78, 5) is 32.1. The van der Waals surface area contributed by atoms with E-state index in [0.717, 1.165) is 0 Å². The van der Waals surface area contributed by atoms with Crippen molar-refractivity contribution < 1.29 is 27.5 Å². The molecule has 9 nitrogen and oxygen atoms in total. The number of carbonyl (C=O) groups excluding carboxylic acids is 2. The number of thiazole rings is 1. The van der Waals surface area contributed by atoms with Crippen LogP contribution in [-0.2, 0) is 14.8 Å². The van der Waals surface area contributed by atoms with Gasteiger partial charge >= 0.3 is 0 Å². The first-order chi connectivity index (χ1) is 15.0. The number of hydrogen-bond acceptors (Lipinski definition) is 8. The fourth-order valence-electron chi connectivity index (χ4n) is 3.63. The number of nitrogens with two attached hydrogens (primary N) is 1. The second kappa shape index (κ2) is 7.69. The highest BCUT2D eigenvalue weighted by atomic mass is 32.2. The zero-order chi connectivity index (χ0) is 23.4. The minimum Gasteiger partial charge on any atom is -0.503 e. The number of anilines is 1. The summed E-state index contributed by atoms with van der Waals surface area (Å²) < 4.78 is 28.9. The number of furan rings is 1. The summed E-state index contributed by atoms with van der Waals surface area (Å²) in [7, 11) is -3.93. The summed E-state index contributed by atoms with van der Waals surface area (Å²) >= 11 is 1.17. The van der Waals surface area contributed by atoms with E-state index in [-0.39, 0.29) is 21.9 Å². The molecule has 3 N–H and O–H groups in total. The highest BCUT2D eigenvalue weighted by Gasteiger charge is 2.46. The normalized spacial score (nSPS) is 16.8. The fourth-order valence-corrected chi connectivity index (χ4v) is 5.02. The molecule has 1 aliphatic rings. The Hall–Kier alpha value is -3.28. The van der Waals surface area contributed by atoms with Crippen LogP contribution in [0.25, 0.3) is 0 Å². The zero-order valence-corrected chi connectivity index (χ0v) is 19.0. The molecule has 166 valence electrons. The molecule has 1 aliphatic heterocycles. The average molecular weight is 474 g/mol. The number of Topliss-reactive ketones (excluding diaryl/α,β-unsaturated/α-hetero) is 1. The van der Waals surface area contributed by atoms with Gasteiger partial charge in [-0.1, -0.05) is 0 Å². The fraction of sp³-hybridized carbons (Fsp3) is 0.190. The minimum atomic E-state index is -3.93. The molecule has 1 atom stereocenters. The van der Waals surface area contributed by atoms with Crippen LogP contribution in [0.15, 0.2) is 57.0 Å². The smallest absolute Gasteiger partial charge is 0.294 e. The third-order valence-corrected chi connectivity index (χ3v) is 7.04. The Labute approximate surface area is 187 Å². The van der Waals surface area contributed by atoms with Crippen LogP contribution in [0.5, 0.6) is 0 Å². The van der Waals surface area contributed by atoms with Crippen LogP contribution in [0.2, 0.25) is 0 Å². The van der Waals surface area contributed by atoms with E-state index in [1.54, 1.807) is 32.9 Å². The quantitative estimate of drug-likeness (QED) is 0.542. The number of rotatable bonds is 5. The molecule has 0 fully saturated rings. The van der Waals surface area contributed by atoms with Crippen LogP contribution in [0.4, 0.5) is 5.69 Å². The maximum absolute atomic E-state index is 13.4. The third kappa shape index (κ3) is 3.64. The second-order valence-electron chi connectivity index (χ2n) is 7.30. The first kappa shape index (κ1) is 21.9. The van der Waals surface area contributed by atoms with E-state index < -0.39 is 33.5 Å². The number of amides is 1. The molecular formula is C21H19N3O6S2. The molecule has 2 aromatic heterocycles. The van der Waals surface area contributed by atoms with Gasteiger partial charge in [0.1, 0.15) is 17.6 Å². The van der Waals surface area contributed by atoms with Gasteiger partial charge in [0.15, 0.2) is 5.76 Å². The molecule has 1 aromatic carbocycles. The largest absolute Gasteiger partial charge is 0.503 e. The molecule has 32 heavy (non-hydrogen) atoms. The first-order valence-electron chi connectivity index (χ1n) is 9.43. The van der Waals surface area contributed by atoms with Crippen molar-refractivity contribution >= 4 is 38.7 Å². The Kier molecular flexibility index (Phi) is 5.27. The van der Waals surface area contributed by atoms with Gasteiger partial charge in [-0.25, -0.2) is 18.5 Å². The number of nitrogens with zero attached hydrogens (tertiary/aromatic N) is 2. The lowest BCUT2D eigenvalue weighted by atomic mass is 9.99. The van der Waals surface area contributed by atoms with Crippen molar-refractivity contribution in [3.8, 4) is 0 Å². The SMILES string of the molecule is Cc1ccc(C2C(C(=O)c3sc(C)nc3C)=C(O)C(=O)N2c2ccc(S(N)(=O)=O)cc2)o1. The Balaban J connectivity index is 1.86. The lowest BCUT2D eigenvalue weighted by Crippen LogP contribution is -2.30. The summed E-state index contributed by atoms with van der Waals surface area (Å²) in [6, 6.07) is 7.50. The molecule has 1 unspecified atom stereocenters. The molecule has 4 rings (SSSR count). The van der Waals surface area contributed by atoms with E-state index in [1.807, 2.05) is 0 Å². The Morgan fingerprint density at radius 3 is 2.31 bits per heavy atom. The Morgan fingerprint density at radius 1 is 1.16 bits per heavy atom. The summed E-state index contributed by atoms with van der Waals surface area (Å²) in [5.41, 5.74) is 0.621. The molecule has 3 heterocycles. The summed E-state index contributed by atoms with van der Waals surface area (Å²) in [5, 5.41) is 16.6.